The van der Waals surface area contributed by atoms with Gasteiger partial charge in [-0.3, -0.25) is 0 Å². The van der Waals surface area contributed by atoms with Gasteiger partial charge < -0.3 is 9.84 Å². The maximum atomic E-state index is 10.8. The minimum Gasteiger partial charge on any atom is -0.494 e. The third kappa shape index (κ3) is 2.66. The van der Waals surface area contributed by atoms with Gasteiger partial charge >= 0.3 is 5.97 Å². The van der Waals surface area contributed by atoms with Crippen LogP contribution in [0.15, 0.2) is 10.7 Å². The molecule has 1 heterocycles. The summed E-state index contributed by atoms with van der Waals surface area (Å²) in [6.45, 7) is 5.81. The number of carboxylic acid groups (broad SMARTS) is 1. The predicted molar refractivity (Wildman–Crippen MR) is 52.6 cm³/mol. The van der Waals surface area contributed by atoms with Crippen LogP contribution in [-0.4, -0.2) is 22.4 Å². The van der Waals surface area contributed by atoms with Gasteiger partial charge in [0, 0.05) is 11.7 Å². The number of allylic oxidation sites excluding steroid dienone is 1. The van der Waals surface area contributed by atoms with Crippen molar-refractivity contribution in [3.63, 3.8) is 0 Å². The number of ether oxygens (including phenoxy) is 1. The fourth-order valence-corrected chi connectivity index (χ4v) is 2.22. The van der Waals surface area contributed by atoms with Crippen LogP contribution in [0.1, 0.15) is 27.2 Å². The molecule has 3 nitrogen and oxygen atoms in total. The molecule has 1 aliphatic rings. The number of hydrogen-bond donors (Lipinski definition) is 1. The van der Waals surface area contributed by atoms with Gasteiger partial charge in [-0.1, -0.05) is 6.92 Å². The second kappa shape index (κ2) is 4.05. The van der Waals surface area contributed by atoms with E-state index in [1.165, 1.54) is 11.8 Å². The van der Waals surface area contributed by atoms with Crippen molar-refractivity contribution in [2.45, 2.75) is 38.5 Å². The van der Waals surface area contributed by atoms with Crippen molar-refractivity contribution in [1.82, 2.24) is 0 Å². The molecule has 0 aliphatic carbocycles. The van der Waals surface area contributed by atoms with Gasteiger partial charge in [-0.15, -0.1) is 11.8 Å². The molecule has 1 N–H and O–H groups in total. The third-order valence-corrected chi connectivity index (χ3v) is 2.82. The summed E-state index contributed by atoms with van der Waals surface area (Å²) in [5, 5.41) is 9.17. The van der Waals surface area contributed by atoms with E-state index in [1.54, 1.807) is 0 Å². The van der Waals surface area contributed by atoms with E-state index in [4.69, 9.17) is 9.84 Å². The lowest BCUT2D eigenvalue weighted by atomic mass is 10.2. The van der Waals surface area contributed by atoms with Crippen molar-refractivity contribution < 1.29 is 14.6 Å². The second-order valence-electron chi connectivity index (χ2n) is 3.36. The summed E-state index contributed by atoms with van der Waals surface area (Å²) in [5.74, 6) is -0.231. The molecule has 0 saturated heterocycles. The van der Waals surface area contributed by atoms with Crippen LogP contribution < -0.4 is 0 Å². The third-order valence-electron chi connectivity index (χ3n) is 1.62. The van der Waals surface area contributed by atoms with Crippen LogP contribution in [0, 0.1) is 0 Å². The lowest BCUT2D eigenvalue weighted by Gasteiger charge is -2.10. The molecule has 4 heteroatoms. The van der Waals surface area contributed by atoms with Crippen LogP contribution in [-0.2, 0) is 9.53 Å². The molecule has 0 bridgehead atoms. The van der Waals surface area contributed by atoms with Crippen LogP contribution in [0.3, 0.4) is 0 Å². The Hall–Kier alpha value is -0.640. The van der Waals surface area contributed by atoms with Crippen LogP contribution in [0.25, 0.3) is 0 Å². The number of thioether (sulfide) groups is 1. The highest BCUT2D eigenvalue weighted by Gasteiger charge is 2.28. The predicted octanol–water partition coefficient (Wildman–Crippen LogP) is 2.23. The van der Waals surface area contributed by atoms with E-state index in [9.17, 15) is 4.79 Å². The van der Waals surface area contributed by atoms with E-state index in [0.29, 0.717) is 15.9 Å². The Morgan fingerprint density at radius 1 is 1.69 bits per heavy atom. The second-order valence-corrected chi connectivity index (χ2v) is 4.81. The first-order valence-electron chi connectivity index (χ1n) is 4.30. The Morgan fingerprint density at radius 2 is 2.31 bits per heavy atom. The zero-order valence-electron chi connectivity index (χ0n) is 8.03. The van der Waals surface area contributed by atoms with E-state index in [0.717, 1.165) is 6.42 Å². The summed E-state index contributed by atoms with van der Waals surface area (Å²) in [7, 11) is 0. The molecule has 0 radical (unpaired) electrons. The summed E-state index contributed by atoms with van der Waals surface area (Å²) in [6, 6.07) is 0. The van der Waals surface area contributed by atoms with E-state index < -0.39 is 5.97 Å². The Morgan fingerprint density at radius 3 is 2.77 bits per heavy atom. The average Bonchev–Trinajstić information content (AvgIpc) is 2.29. The molecular weight excluding hydrogens is 188 g/mol. The molecule has 0 aromatic carbocycles. The number of carboxylic acids is 1. The number of hydrogen-bond acceptors (Lipinski definition) is 3. The van der Waals surface area contributed by atoms with Gasteiger partial charge in [-0.25, -0.2) is 4.79 Å². The smallest absolute Gasteiger partial charge is 0.345 e. The van der Waals surface area contributed by atoms with Crippen molar-refractivity contribution in [3.05, 3.63) is 10.7 Å². The molecule has 0 saturated carbocycles. The Balaban J connectivity index is 2.75. The number of aliphatic carboxylic acids is 1. The first-order chi connectivity index (χ1) is 6.00. The summed E-state index contributed by atoms with van der Waals surface area (Å²) in [6.07, 6.45) is 0.778. The van der Waals surface area contributed by atoms with Crippen LogP contribution in [0.2, 0.25) is 0 Å². The van der Waals surface area contributed by atoms with Crippen LogP contribution in [0.4, 0.5) is 0 Å². The van der Waals surface area contributed by atoms with Crippen molar-refractivity contribution in [1.29, 1.82) is 0 Å². The van der Waals surface area contributed by atoms with E-state index in [-0.39, 0.29) is 6.10 Å². The van der Waals surface area contributed by atoms with E-state index in [2.05, 4.69) is 0 Å². The Bertz CT molecular complexity index is 245. The molecule has 1 atom stereocenters. The molecule has 0 fully saturated rings. The lowest BCUT2D eigenvalue weighted by molar-refractivity contribution is -0.132. The largest absolute Gasteiger partial charge is 0.494 e. The lowest BCUT2D eigenvalue weighted by Crippen LogP contribution is -2.05. The fraction of sp³-hybridized carbons (Fsp3) is 0.667. The minimum absolute atomic E-state index is 0.0512. The van der Waals surface area contributed by atoms with Gasteiger partial charge in [0.05, 0.1) is 6.10 Å². The average molecular weight is 202 g/mol. The molecule has 0 spiro atoms. The molecule has 1 unspecified atom stereocenters. The van der Waals surface area contributed by atoms with E-state index in [1.807, 2.05) is 20.8 Å². The molecule has 13 heavy (non-hydrogen) atoms. The summed E-state index contributed by atoms with van der Waals surface area (Å²) in [5.41, 5.74) is 0. The number of carbonyl (C=O) groups is 1. The van der Waals surface area contributed by atoms with Crippen molar-refractivity contribution in [2.75, 3.05) is 0 Å². The highest BCUT2D eigenvalue weighted by molar-refractivity contribution is 8.04. The van der Waals surface area contributed by atoms with Gasteiger partial charge in [0.2, 0.25) is 0 Å². The normalized spacial score (nSPS) is 22.6. The maximum Gasteiger partial charge on any atom is 0.345 e. The molecular formula is C9H14O3S. The van der Waals surface area contributed by atoms with E-state index >= 15 is 0 Å². The molecule has 1 rings (SSSR count). The highest BCUT2D eigenvalue weighted by atomic mass is 32.2. The summed E-state index contributed by atoms with van der Waals surface area (Å²) >= 11 is 1.38. The monoisotopic (exact) mass is 202 g/mol. The van der Waals surface area contributed by atoms with Gasteiger partial charge in [0.25, 0.3) is 0 Å². The topological polar surface area (TPSA) is 46.5 Å². The highest BCUT2D eigenvalue weighted by Crippen LogP contribution is 2.38. The van der Waals surface area contributed by atoms with Crippen molar-refractivity contribution in [2.24, 2.45) is 0 Å². The summed E-state index contributed by atoms with van der Waals surface area (Å²) in [4.78, 5) is 11.2. The molecule has 0 amide bonds. The first kappa shape index (κ1) is 10.4. The summed E-state index contributed by atoms with van der Waals surface area (Å²) < 4.78 is 5.43. The Kier molecular flexibility index (Phi) is 3.25. The van der Waals surface area contributed by atoms with Crippen LogP contribution >= 0.6 is 11.8 Å². The zero-order chi connectivity index (χ0) is 10.0. The van der Waals surface area contributed by atoms with Crippen molar-refractivity contribution >= 4 is 17.7 Å². The van der Waals surface area contributed by atoms with Gasteiger partial charge in [-0.2, -0.15) is 0 Å². The molecule has 74 valence electrons. The quantitative estimate of drug-likeness (QED) is 0.762. The standard InChI is InChI=1S/C9H14O3S/c1-5(2)12-7-4-6(3)13-8(7)9(10)11/h5-6H,4H2,1-3H3,(H,10,11). The zero-order valence-corrected chi connectivity index (χ0v) is 8.85. The fourth-order valence-electron chi connectivity index (χ4n) is 1.22. The van der Waals surface area contributed by atoms with Gasteiger partial charge in [0.15, 0.2) is 0 Å². The van der Waals surface area contributed by atoms with Crippen LogP contribution in [0.5, 0.6) is 0 Å². The number of rotatable bonds is 3. The molecule has 0 aromatic rings. The first-order valence-corrected chi connectivity index (χ1v) is 5.18. The Labute approximate surface area is 82.2 Å². The minimum atomic E-state index is -0.870. The molecule has 0 aromatic heterocycles. The van der Waals surface area contributed by atoms with Gasteiger partial charge in [0.1, 0.15) is 10.7 Å². The van der Waals surface area contributed by atoms with Crippen molar-refractivity contribution in [3.8, 4) is 0 Å². The SMILES string of the molecule is CC(C)OC1=C(C(=O)O)SC(C)C1. The van der Waals surface area contributed by atoms with Gasteiger partial charge in [-0.05, 0) is 13.8 Å². The maximum absolute atomic E-state index is 10.8. The molecule has 1 aliphatic heterocycles.